The van der Waals surface area contributed by atoms with Gasteiger partial charge in [0.15, 0.2) is 0 Å². The van der Waals surface area contributed by atoms with Gasteiger partial charge in [0.25, 0.3) is 5.69 Å². The van der Waals surface area contributed by atoms with Gasteiger partial charge in [0.1, 0.15) is 10.7 Å². The smallest absolute Gasteiger partial charge is 0.272 e. The van der Waals surface area contributed by atoms with E-state index in [-0.39, 0.29) is 13.1 Å². The Kier molecular flexibility index (Phi) is 4.10. The molecule has 0 atom stereocenters. The second kappa shape index (κ2) is 5.17. The second-order valence-electron chi connectivity index (χ2n) is 3.06. The molecule has 0 aromatic heterocycles. The fraction of sp³-hybridized carbons (Fsp3) is 0.250. The molecule has 7 nitrogen and oxygen atoms in total. The molecule has 0 spiro atoms. The van der Waals surface area contributed by atoms with E-state index in [0.717, 1.165) is 12.1 Å². The number of nitrogens with zero attached hydrogens (tertiary/aromatic N) is 1. The summed E-state index contributed by atoms with van der Waals surface area (Å²) in [4.78, 5) is 8.89. The molecule has 1 aromatic rings. The summed E-state index contributed by atoms with van der Waals surface area (Å²) in [5.41, 5.74) is 4.59. The minimum absolute atomic E-state index is 0.0429. The number of hydrogen-bond acceptors (Lipinski definition) is 5. The van der Waals surface area contributed by atoms with Gasteiger partial charge in [-0.15, -0.1) is 0 Å². The zero-order chi connectivity index (χ0) is 13.1. The van der Waals surface area contributed by atoms with Crippen molar-refractivity contribution in [2.45, 2.75) is 4.90 Å². The van der Waals surface area contributed by atoms with Gasteiger partial charge in [-0.25, -0.2) is 17.5 Å². The van der Waals surface area contributed by atoms with Gasteiger partial charge in [-0.3, -0.25) is 10.1 Å². The molecule has 0 fully saturated rings. The van der Waals surface area contributed by atoms with Crippen molar-refractivity contribution in [3.05, 3.63) is 34.1 Å². The van der Waals surface area contributed by atoms with Crippen molar-refractivity contribution < 1.29 is 17.7 Å². The Balaban J connectivity index is 3.12. The van der Waals surface area contributed by atoms with E-state index >= 15 is 0 Å². The highest BCUT2D eigenvalue weighted by Crippen LogP contribution is 2.19. The predicted octanol–water partition coefficient (Wildman–Crippen LogP) is -0.0291. The molecule has 0 aliphatic heterocycles. The summed E-state index contributed by atoms with van der Waals surface area (Å²) in [5.74, 6) is -1.18. The second-order valence-corrected chi connectivity index (χ2v) is 4.79. The highest BCUT2D eigenvalue weighted by Gasteiger charge is 2.20. The fourth-order valence-corrected chi connectivity index (χ4v) is 2.20. The molecule has 17 heavy (non-hydrogen) atoms. The van der Waals surface area contributed by atoms with Crippen LogP contribution in [0.4, 0.5) is 10.1 Å². The lowest BCUT2D eigenvalue weighted by atomic mass is 10.3. The molecular weight excluding hydrogens is 253 g/mol. The van der Waals surface area contributed by atoms with Crippen LogP contribution >= 0.6 is 0 Å². The predicted molar refractivity (Wildman–Crippen MR) is 57.3 cm³/mol. The third-order valence-electron chi connectivity index (χ3n) is 1.85. The van der Waals surface area contributed by atoms with Crippen LogP contribution in [0.1, 0.15) is 0 Å². The van der Waals surface area contributed by atoms with Crippen LogP contribution in [-0.2, 0) is 10.0 Å². The molecule has 0 unspecified atom stereocenters. The van der Waals surface area contributed by atoms with Gasteiger partial charge in [-0.05, 0) is 6.07 Å². The first kappa shape index (κ1) is 13.5. The number of nitro benzene ring substituents is 1. The number of halogens is 1. The average Bonchev–Trinajstić information content (AvgIpc) is 2.25. The number of nitro groups is 1. The van der Waals surface area contributed by atoms with Crippen LogP contribution in [0.25, 0.3) is 0 Å². The normalized spacial score (nSPS) is 11.4. The average molecular weight is 263 g/mol. The quantitative estimate of drug-likeness (QED) is 0.571. The molecule has 3 N–H and O–H groups in total. The maximum absolute atomic E-state index is 13.4. The summed E-state index contributed by atoms with van der Waals surface area (Å²) in [6.07, 6.45) is 0. The van der Waals surface area contributed by atoms with Crippen molar-refractivity contribution >= 4 is 15.7 Å². The Labute approximate surface area is 96.6 Å². The number of sulfonamides is 1. The number of benzene rings is 1. The van der Waals surface area contributed by atoms with Crippen molar-refractivity contribution in [3.63, 3.8) is 0 Å². The summed E-state index contributed by atoms with van der Waals surface area (Å²) in [6.45, 7) is 0.0204. The first-order chi connectivity index (χ1) is 7.88. The molecule has 0 aliphatic carbocycles. The number of hydrogen-bond donors (Lipinski definition) is 2. The largest absolute Gasteiger partial charge is 0.329 e. The Morgan fingerprint density at radius 2 is 2.12 bits per heavy atom. The van der Waals surface area contributed by atoms with Crippen LogP contribution in [0, 0.1) is 15.9 Å². The summed E-state index contributed by atoms with van der Waals surface area (Å²) < 4.78 is 38.5. The molecule has 0 saturated heterocycles. The maximum Gasteiger partial charge on any atom is 0.272 e. The molecule has 0 aliphatic rings. The summed E-state index contributed by atoms with van der Waals surface area (Å²) in [7, 11) is -4.02. The molecule has 0 amide bonds. The molecule has 0 heterocycles. The van der Waals surface area contributed by atoms with E-state index in [9.17, 15) is 22.9 Å². The molecule has 0 radical (unpaired) electrons. The van der Waals surface area contributed by atoms with Gasteiger partial charge < -0.3 is 5.73 Å². The molecular formula is C8H10FN3O4S. The van der Waals surface area contributed by atoms with E-state index < -0.39 is 31.3 Å². The van der Waals surface area contributed by atoms with Crippen molar-refractivity contribution in [1.82, 2.24) is 4.72 Å². The lowest BCUT2D eigenvalue weighted by Gasteiger charge is -2.06. The first-order valence-electron chi connectivity index (χ1n) is 4.52. The van der Waals surface area contributed by atoms with Crippen molar-refractivity contribution in [2.75, 3.05) is 13.1 Å². The van der Waals surface area contributed by atoms with Gasteiger partial charge >= 0.3 is 0 Å². The molecule has 0 saturated carbocycles. The SMILES string of the molecule is NCCNS(=O)(=O)c1ccc([N+](=O)[O-])cc1F. The minimum Gasteiger partial charge on any atom is -0.329 e. The van der Waals surface area contributed by atoms with Crippen LogP contribution in [0.2, 0.25) is 0 Å². The lowest BCUT2D eigenvalue weighted by Crippen LogP contribution is -2.29. The minimum atomic E-state index is -4.02. The number of nitrogens with two attached hydrogens (primary N) is 1. The molecule has 1 rings (SSSR count). The third-order valence-corrected chi connectivity index (χ3v) is 3.35. The van der Waals surface area contributed by atoms with E-state index in [1.54, 1.807) is 0 Å². The number of non-ortho nitro benzene ring substituents is 1. The first-order valence-corrected chi connectivity index (χ1v) is 6.00. The summed E-state index contributed by atoms with van der Waals surface area (Å²) in [6, 6.07) is 2.31. The van der Waals surface area contributed by atoms with E-state index in [1.165, 1.54) is 0 Å². The maximum atomic E-state index is 13.4. The van der Waals surface area contributed by atoms with E-state index in [0.29, 0.717) is 6.07 Å². The zero-order valence-corrected chi connectivity index (χ0v) is 9.41. The van der Waals surface area contributed by atoms with Crippen LogP contribution in [-0.4, -0.2) is 26.4 Å². The Morgan fingerprint density at radius 1 is 1.47 bits per heavy atom. The highest BCUT2D eigenvalue weighted by atomic mass is 32.2. The van der Waals surface area contributed by atoms with Gasteiger partial charge in [-0.1, -0.05) is 0 Å². The molecule has 9 heteroatoms. The van der Waals surface area contributed by atoms with Gasteiger partial charge in [-0.2, -0.15) is 0 Å². The Hall–Kier alpha value is -1.58. The zero-order valence-electron chi connectivity index (χ0n) is 8.59. The molecule has 1 aromatic carbocycles. The van der Waals surface area contributed by atoms with Crippen LogP contribution in [0.5, 0.6) is 0 Å². The van der Waals surface area contributed by atoms with Crippen molar-refractivity contribution in [2.24, 2.45) is 5.73 Å². The topological polar surface area (TPSA) is 115 Å². The molecule has 94 valence electrons. The summed E-state index contributed by atoms with van der Waals surface area (Å²) in [5, 5.41) is 10.3. The number of nitrogens with one attached hydrogen (secondary N) is 1. The van der Waals surface area contributed by atoms with Crippen LogP contribution in [0.3, 0.4) is 0 Å². The van der Waals surface area contributed by atoms with E-state index in [1.807, 2.05) is 0 Å². The van der Waals surface area contributed by atoms with Crippen LogP contribution < -0.4 is 10.5 Å². The summed E-state index contributed by atoms with van der Waals surface area (Å²) >= 11 is 0. The monoisotopic (exact) mass is 263 g/mol. The van der Waals surface area contributed by atoms with Crippen LogP contribution in [0.15, 0.2) is 23.1 Å². The van der Waals surface area contributed by atoms with Crippen molar-refractivity contribution in [3.8, 4) is 0 Å². The third kappa shape index (κ3) is 3.19. The highest BCUT2D eigenvalue weighted by molar-refractivity contribution is 7.89. The van der Waals surface area contributed by atoms with Gasteiger partial charge in [0.2, 0.25) is 10.0 Å². The molecule has 0 bridgehead atoms. The van der Waals surface area contributed by atoms with Gasteiger partial charge in [0.05, 0.1) is 11.0 Å². The Bertz CT molecular complexity index is 532. The van der Waals surface area contributed by atoms with E-state index in [4.69, 9.17) is 5.73 Å². The fourth-order valence-electron chi connectivity index (χ4n) is 1.09. The van der Waals surface area contributed by atoms with Crippen molar-refractivity contribution in [1.29, 1.82) is 0 Å². The Morgan fingerprint density at radius 3 is 2.59 bits per heavy atom. The number of rotatable bonds is 5. The lowest BCUT2D eigenvalue weighted by molar-refractivity contribution is -0.385. The van der Waals surface area contributed by atoms with E-state index in [2.05, 4.69) is 4.72 Å². The van der Waals surface area contributed by atoms with Gasteiger partial charge in [0, 0.05) is 19.2 Å². The standard InChI is InChI=1S/C8H10FN3O4S/c9-7-5-6(12(13)14)1-2-8(7)17(15,16)11-4-3-10/h1-2,5,11H,3-4,10H2.